The number of sulfonamides is 1. The number of ether oxygens (including phenoxy) is 1. The molecule has 0 heterocycles. The van der Waals surface area contributed by atoms with Crippen LogP contribution in [0.4, 0.5) is 5.69 Å². The van der Waals surface area contributed by atoms with E-state index in [0.29, 0.717) is 10.8 Å². The number of nitrogens with zero attached hydrogens (tertiary/aromatic N) is 1. The fraction of sp³-hybridized carbons (Fsp3) is 0.409. The fourth-order valence-corrected chi connectivity index (χ4v) is 4.95. The van der Waals surface area contributed by atoms with Gasteiger partial charge >= 0.3 is 0 Å². The van der Waals surface area contributed by atoms with Crippen molar-refractivity contribution >= 4 is 33.2 Å². The molecule has 6 nitrogen and oxygen atoms in total. The minimum Gasteiger partial charge on any atom is -0.495 e. The largest absolute Gasteiger partial charge is 0.495 e. The van der Waals surface area contributed by atoms with Crippen LogP contribution in [-0.2, 0) is 14.8 Å². The molecule has 2 aromatic carbocycles. The lowest BCUT2D eigenvalue weighted by Gasteiger charge is -2.29. The topological polar surface area (TPSA) is 75.7 Å². The quantitative estimate of drug-likeness (QED) is 0.614. The molecule has 0 fully saturated rings. The third kappa shape index (κ3) is 5.67. The van der Waals surface area contributed by atoms with Crippen molar-refractivity contribution in [3.63, 3.8) is 0 Å². The van der Waals surface area contributed by atoms with Gasteiger partial charge in [-0.05, 0) is 42.2 Å². The predicted molar refractivity (Wildman–Crippen MR) is 121 cm³/mol. The van der Waals surface area contributed by atoms with Crippen LogP contribution in [0.5, 0.6) is 5.75 Å². The number of anilines is 1. The molecule has 8 heteroatoms. The first-order valence-corrected chi connectivity index (χ1v) is 11.6. The van der Waals surface area contributed by atoms with Gasteiger partial charge in [0.15, 0.2) is 0 Å². The second-order valence-electron chi connectivity index (χ2n) is 7.72. The van der Waals surface area contributed by atoms with Crippen LogP contribution in [0.15, 0.2) is 53.4 Å². The molecule has 2 rings (SSSR count). The highest BCUT2D eigenvalue weighted by Crippen LogP contribution is 2.34. The van der Waals surface area contributed by atoms with Crippen LogP contribution >= 0.6 is 11.6 Å². The van der Waals surface area contributed by atoms with E-state index in [2.05, 4.69) is 5.32 Å². The summed E-state index contributed by atoms with van der Waals surface area (Å²) in [6.45, 7) is 7.67. The average Bonchev–Trinajstić information content (AvgIpc) is 2.70. The molecule has 0 aromatic heterocycles. The summed E-state index contributed by atoms with van der Waals surface area (Å²) in [6, 6.07) is 12.5. The van der Waals surface area contributed by atoms with Gasteiger partial charge in [0.05, 0.1) is 17.7 Å². The minimum absolute atomic E-state index is 0.0732. The van der Waals surface area contributed by atoms with Crippen molar-refractivity contribution in [2.45, 2.75) is 38.6 Å². The zero-order valence-electron chi connectivity index (χ0n) is 17.9. The summed E-state index contributed by atoms with van der Waals surface area (Å²) in [4.78, 5) is 13.0. The molecule has 30 heavy (non-hydrogen) atoms. The van der Waals surface area contributed by atoms with Crippen molar-refractivity contribution in [2.75, 3.05) is 18.0 Å². The summed E-state index contributed by atoms with van der Waals surface area (Å²) < 4.78 is 33.3. The van der Waals surface area contributed by atoms with Gasteiger partial charge in [-0.3, -0.25) is 9.10 Å². The highest BCUT2D eigenvalue weighted by atomic mass is 35.5. The molecule has 1 amide bonds. The van der Waals surface area contributed by atoms with E-state index >= 15 is 0 Å². The van der Waals surface area contributed by atoms with Gasteiger partial charge in [-0.1, -0.05) is 57.5 Å². The summed E-state index contributed by atoms with van der Waals surface area (Å²) >= 11 is 6.14. The van der Waals surface area contributed by atoms with Crippen molar-refractivity contribution in [3.05, 3.63) is 53.6 Å². The molecule has 0 bridgehead atoms. The second-order valence-corrected chi connectivity index (χ2v) is 10.0. The Morgan fingerprint density at radius 2 is 1.67 bits per heavy atom. The van der Waals surface area contributed by atoms with Gasteiger partial charge in [-0.15, -0.1) is 0 Å². The van der Waals surface area contributed by atoms with E-state index in [1.807, 2.05) is 27.7 Å². The molecule has 164 valence electrons. The Labute approximate surface area is 184 Å². The Kier molecular flexibility index (Phi) is 8.15. The number of halogens is 1. The lowest BCUT2D eigenvalue weighted by atomic mass is 9.93. The van der Waals surface area contributed by atoms with E-state index in [9.17, 15) is 13.2 Å². The number of carbonyl (C=O) groups excluding carboxylic acids is 1. The predicted octanol–water partition coefficient (Wildman–Crippen LogP) is 4.34. The van der Waals surface area contributed by atoms with Gasteiger partial charge in [0, 0.05) is 11.1 Å². The Hall–Kier alpha value is -2.25. The van der Waals surface area contributed by atoms with E-state index < -0.39 is 22.5 Å². The third-order valence-corrected chi connectivity index (χ3v) is 6.80. The maximum absolute atomic E-state index is 13.4. The minimum atomic E-state index is -4.04. The van der Waals surface area contributed by atoms with E-state index in [-0.39, 0.29) is 28.5 Å². The molecule has 2 aromatic rings. The van der Waals surface area contributed by atoms with Crippen LogP contribution in [0.3, 0.4) is 0 Å². The molecule has 0 atom stereocenters. The number of carbonyl (C=O) groups is 1. The monoisotopic (exact) mass is 452 g/mol. The summed E-state index contributed by atoms with van der Waals surface area (Å²) in [5.41, 5.74) is 0.203. The summed E-state index contributed by atoms with van der Waals surface area (Å²) in [5, 5.41) is 3.31. The number of hydrogen-bond acceptors (Lipinski definition) is 4. The standard InChI is InChI=1S/C22H29ClN2O4S/c1-15(2)22(16(3)4)24-21(26)14-25(19-13-17(23)11-12-20(19)29-5)30(27,28)18-9-7-6-8-10-18/h6-13,15-16,22H,14H2,1-5H3,(H,24,26). The molecular weight excluding hydrogens is 424 g/mol. The van der Waals surface area contributed by atoms with Gasteiger partial charge in [0.2, 0.25) is 5.91 Å². The first kappa shape index (κ1) is 24.0. The van der Waals surface area contributed by atoms with Gasteiger partial charge in [-0.25, -0.2) is 8.42 Å². The second kappa shape index (κ2) is 10.2. The Bertz CT molecular complexity index is 954. The molecule has 0 aliphatic rings. The Morgan fingerprint density at radius 1 is 1.07 bits per heavy atom. The van der Waals surface area contributed by atoms with E-state index in [1.54, 1.807) is 30.3 Å². The molecule has 0 unspecified atom stereocenters. The molecule has 1 N–H and O–H groups in total. The number of methoxy groups -OCH3 is 1. The zero-order valence-corrected chi connectivity index (χ0v) is 19.5. The number of nitrogens with one attached hydrogen (secondary N) is 1. The van der Waals surface area contributed by atoms with Crippen LogP contribution < -0.4 is 14.4 Å². The third-order valence-electron chi connectivity index (χ3n) is 4.79. The number of benzene rings is 2. The normalized spacial score (nSPS) is 11.8. The number of hydrogen-bond donors (Lipinski definition) is 1. The van der Waals surface area contributed by atoms with Crippen molar-refractivity contribution in [3.8, 4) is 5.75 Å². The maximum atomic E-state index is 13.4. The molecule has 0 saturated carbocycles. The summed E-state index contributed by atoms with van der Waals surface area (Å²) in [6.07, 6.45) is 0. The van der Waals surface area contributed by atoms with Crippen molar-refractivity contribution in [1.29, 1.82) is 0 Å². The SMILES string of the molecule is COc1ccc(Cl)cc1N(CC(=O)NC(C(C)C)C(C)C)S(=O)(=O)c1ccccc1. The maximum Gasteiger partial charge on any atom is 0.264 e. The van der Waals surface area contributed by atoms with E-state index in [1.165, 1.54) is 25.3 Å². The van der Waals surface area contributed by atoms with Crippen LogP contribution in [-0.4, -0.2) is 34.0 Å². The first-order chi connectivity index (χ1) is 14.1. The lowest BCUT2D eigenvalue weighted by Crippen LogP contribution is -2.48. The van der Waals surface area contributed by atoms with Crippen molar-refractivity contribution in [2.24, 2.45) is 11.8 Å². The first-order valence-electron chi connectivity index (χ1n) is 9.78. The molecule has 0 aliphatic heterocycles. The molecular formula is C22H29ClN2O4S. The van der Waals surface area contributed by atoms with E-state index in [0.717, 1.165) is 4.31 Å². The summed E-state index contributed by atoms with van der Waals surface area (Å²) in [5.74, 6) is 0.308. The van der Waals surface area contributed by atoms with Gasteiger partial charge in [0.25, 0.3) is 10.0 Å². The van der Waals surface area contributed by atoms with Gasteiger partial charge in [-0.2, -0.15) is 0 Å². The number of rotatable bonds is 9. The summed E-state index contributed by atoms with van der Waals surface area (Å²) in [7, 11) is -2.60. The average molecular weight is 453 g/mol. The highest BCUT2D eigenvalue weighted by Gasteiger charge is 2.31. The molecule has 0 spiro atoms. The van der Waals surface area contributed by atoms with Crippen LogP contribution in [0, 0.1) is 11.8 Å². The van der Waals surface area contributed by atoms with Crippen molar-refractivity contribution < 1.29 is 17.9 Å². The van der Waals surface area contributed by atoms with Gasteiger partial charge < -0.3 is 10.1 Å². The highest BCUT2D eigenvalue weighted by molar-refractivity contribution is 7.92. The number of amides is 1. The van der Waals surface area contributed by atoms with Crippen LogP contribution in [0.2, 0.25) is 5.02 Å². The van der Waals surface area contributed by atoms with E-state index in [4.69, 9.17) is 16.3 Å². The molecule has 0 saturated heterocycles. The fourth-order valence-electron chi connectivity index (χ4n) is 3.34. The molecule has 0 aliphatic carbocycles. The molecule has 0 radical (unpaired) electrons. The lowest BCUT2D eigenvalue weighted by molar-refractivity contribution is -0.121. The van der Waals surface area contributed by atoms with Crippen LogP contribution in [0.1, 0.15) is 27.7 Å². The van der Waals surface area contributed by atoms with Gasteiger partial charge in [0.1, 0.15) is 12.3 Å². The van der Waals surface area contributed by atoms with Crippen molar-refractivity contribution in [1.82, 2.24) is 5.32 Å². The Morgan fingerprint density at radius 3 is 2.20 bits per heavy atom. The Balaban J connectivity index is 2.50. The smallest absolute Gasteiger partial charge is 0.264 e. The zero-order chi connectivity index (χ0) is 22.5. The van der Waals surface area contributed by atoms with Crippen LogP contribution in [0.25, 0.3) is 0 Å².